The van der Waals surface area contributed by atoms with E-state index in [9.17, 15) is 0 Å². The van der Waals surface area contributed by atoms with Crippen molar-refractivity contribution in [1.29, 1.82) is 0 Å². The van der Waals surface area contributed by atoms with E-state index in [2.05, 4.69) is 5.32 Å². The molecule has 1 aliphatic rings. The van der Waals surface area contributed by atoms with Crippen LogP contribution >= 0.6 is 0 Å². The van der Waals surface area contributed by atoms with Crippen LogP contribution in [0.15, 0.2) is 0 Å². The third kappa shape index (κ3) is 3.75. The normalized spacial score (nSPS) is 24.0. The van der Waals surface area contributed by atoms with E-state index in [1.54, 1.807) is 0 Å². The molecule has 0 aromatic heterocycles. The maximum absolute atomic E-state index is 8.57. The van der Waals surface area contributed by atoms with Gasteiger partial charge in [0.05, 0.1) is 0 Å². The van der Waals surface area contributed by atoms with Crippen molar-refractivity contribution in [2.45, 2.75) is 25.6 Å². The Morgan fingerprint density at radius 1 is 1.45 bits per heavy atom. The minimum absolute atomic E-state index is 0.524. The van der Waals surface area contributed by atoms with Gasteiger partial charge in [0, 0.05) is 0 Å². The highest BCUT2D eigenvalue weighted by Crippen LogP contribution is 2.15. The van der Waals surface area contributed by atoms with Gasteiger partial charge in [0.25, 0.3) is 0 Å². The predicted octanol–water partition coefficient (Wildman–Crippen LogP) is -0.151. The third-order valence-corrected chi connectivity index (χ3v) is 2.24. The fourth-order valence-electron chi connectivity index (χ4n) is 1.55. The molecule has 0 spiro atoms. The summed E-state index contributed by atoms with van der Waals surface area (Å²) in [4.78, 5) is 0. The van der Waals surface area contributed by atoms with Crippen molar-refractivity contribution in [2.75, 3.05) is 13.1 Å². The molecule has 1 atom stereocenters. The number of nitrogens with one attached hydrogen (secondary N) is 1. The third-order valence-electron chi connectivity index (χ3n) is 2.24. The first-order chi connectivity index (χ1) is 5.29. The molecule has 1 heterocycles. The molecule has 11 heavy (non-hydrogen) atoms. The highest BCUT2D eigenvalue weighted by molar-refractivity contribution is 6.40. The highest BCUT2D eigenvalue weighted by Gasteiger charge is 2.15. The van der Waals surface area contributed by atoms with Crippen LogP contribution in [0.5, 0.6) is 0 Å². The van der Waals surface area contributed by atoms with Gasteiger partial charge in [0.1, 0.15) is 0 Å². The van der Waals surface area contributed by atoms with E-state index in [0.29, 0.717) is 6.32 Å². The molecule has 3 N–H and O–H groups in total. The summed E-state index contributed by atoms with van der Waals surface area (Å²) < 4.78 is 0. The van der Waals surface area contributed by atoms with Crippen LogP contribution in [0, 0.1) is 5.92 Å². The van der Waals surface area contributed by atoms with Crippen LogP contribution in [0.1, 0.15) is 19.3 Å². The van der Waals surface area contributed by atoms with Crippen molar-refractivity contribution in [2.24, 2.45) is 5.92 Å². The van der Waals surface area contributed by atoms with Crippen molar-refractivity contribution in [3.8, 4) is 0 Å². The van der Waals surface area contributed by atoms with Gasteiger partial charge in [0.15, 0.2) is 0 Å². The van der Waals surface area contributed by atoms with Crippen molar-refractivity contribution >= 4 is 7.12 Å². The van der Waals surface area contributed by atoms with Crippen LogP contribution < -0.4 is 5.32 Å². The summed E-state index contributed by atoms with van der Waals surface area (Å²) in [5.74, 6) is 0.772. The van der Waals surface area contributed by atoms with Crippen molar-refractivity contribution in [3.63, 3.8) is 0 Å². The Labute approximate surface area is 68.0 Å². The van der Waals surface area contributed by atoms with Gasteiger partial charge in [-0.3, -0.25) is 0 Å². The molecule has 0 bridgehead atoms. The Kier molecular flexibility index (Phi) is 3.90. The van der Waals surface area contributed by atoms with Gasteiger partial charge in [-0.2, -0.15) is 0 Å². The molecule has 3 nitrogen and oxygen atoms in total. The van der Waals surface area contributed by atoms with E-state index in [4.69, 9.17) is 10.0 Å². The Balaban J connectivity index is 1.94. The topological polar surface area (TPSA) is 52.5 Å². The van der Waals surface area contributed by atoms with Crippen LogP contribution in [0.4, 0.5) is 0 Å². The zero-order valence-corrected chi connectivity index (χ0v) is 6.79. The minimum atomic E-state index is -1.11. The van der Waals surface area contributed by atoms with Gasteiger partial charge in [-0.15, -0.1) is 0 Å². The van der Waals surface area contributed by atoms with Gasteiger partial charge in [-0.25, -0.2) is 0 Å². The SMILES string of the molecule is OB(O)CCC[C@@H]1CCNC1. The van der Waals surface area contributed by atoms with E-state index >= 15 is 0 Å². The Morgan fingerprint density at radius 2 is 2.27 bits per heavy atom. The lowest BCUT2D eigenvalue weighted by molar-refractivity contribution is 0.397. The standard InChI is InChI=1S/C7H16BNO2/c10-8(11)4-1-2-7-3-5-9-6-7/h7,9-11H,1-6H2/t7-/m1/s1. The molecular weight excluding hydrogens is 141 g/mol. The Morgan fingerprint density at radius 3 is 2.82 bits per heavy atom. The Hall–Kier alpha value is -0.0551. The monoisotopic (exact) mass is 157 g/mol. The molecule has 0 aliphatic carbocycles. The van der Waals surface area contributed by atoms with Crippen molar-refractivity contribution in [1.82, 2.24) is 5.32 Å². The average Bonchev–Trinajstić information content (AvgIpc) is 2.39. The lowest BCUT2D eigenvalue weighted by Crippen LogP contribution is -2.12. The summed E-state index contributed by atoms with van der Waals surface area (Å²) in [7, 11) is -1.11. The van der Waals surface area contributed by atoms with Crippen molar-refractivity contribution < 1.29 is 10.0 Å². The predicted molar refractivity (Wildman–Crippen MR) is 45.2 cm³/mol. The number of hydrogen-bond donors (Lipinski definition) is 3. The van der Waals surface area contributed by atoms with E-state index in [0.717, 1.165) is 31.8 Å². The van der Waals surface area contributed by atoms with Crippen LogP contribution in [-0.2, 0) is 0 Å². The summed E-state index contributed by atoms with van der Waals surface area (Å²) >= 11 is 0. The first kappa shape index (κ1) is 9.04. The second-order valence-electron chi connectivity index (χ2n) is 3.27. The smallest absolute Gasteiger partial charge is 0.427 e. The van der Waals surface area contributed by atoms with E-state index in [1.165, 1.54) is 6.42 Å². The molecule has 1 saturated heterocycles. The lowest BCUT2D eigenvalue weighted by Gasteiger charge is -2.06. The minimum Gasteiger partial charge on any atom is -0.427 e. The van der Waals surface area contributed by atoms with Gasteiger partial charge < -0.3 is 15.4 Å². The van der Waals surface area contributed by atoms with Gasteiger partial charge >= 0.3 is 7.12 Å². The van der Waals surface area contributed by atoms with Crippen LogP contribution in [0.3, 0.4) is 0 Å². The maximum Gasteiger partial charge on any atom is 0.451 e. The summed E-state index contributed by atoms with van der Waals surface area (Å²) in [6, 6.07) is 0. The van der Waals surface area contributed by atoms with Crippen LogP contribution in [0.25, 0.3) is 0 Å². The van der Waals surface area contributed by atoms with E-state index < -0.39 is 7.12 Å². The quantitative estimate of drug-likeness (QED) is 0.497. The van der Waals surface area contributed by atoms with Gasteiger partial charge in [-0.05, 0) is 38.2 Å². The lowest BCUT2D eigenvalue weighted by atomic mass is 9.82. The number of rotatable bonds is 4. The zero-order chi connectivity index (χ0) is 8.10. The van der Waals surface area contributed by atoms with E-state index in [-0.39, 0.29) is 0 Å². The fourth-order valence-corrected chi connectivity index (χ4v) is 1.55. The molecule has 1 rings (SSSR count). The van der Waals surface area contributed by atoms with Crippen LogP contribution in [0.2, 0.25) is 6.32 Å². The molecule has 0 aromatic rings. The molecule has 0 unspecified atom stereocenters. The van der Waals surface area contributed by atoms with Gasteiger partial charge in [0.2, 0.25) is 0 Å². The molecule has 64 valence electrons. The number of hydrogen-bond acceptors (Lipinski definition) is 3. The average molecular weight is 157 g/mol. The first-order valence-corrected chi connectivity index (χ1v) is 4.36. The molecule has 1 aliphatic heterocycles. The summed E-state index contributed by atoms with van der Waals surface area (Å²) in [5.41, 5.74) is 0. The molecule has 0 radical (unpaired) electrons. The van der Waals surface area contributed by atoms with Gasteiger partial charge in [-0.1, -0.05) is 6.42 Å². The highest BCUT2D eigenvalue weighted by atomic mass is 16.4. The first-order valence-electron chi connectivity index (χ1n) is 4.36. The summed E-state index contributed by atoms with van der Waals surface area (Å²) in [6.45, 7) is 2.24. The fraction of sp³-hybridized carbons (Fsp3) is 1.00. The molecule has 0 amide bonds. The summed E-state index contributed by atoms with van der Waals surface area (Å²) in [6.07, 6.45) is 3.84. The molecule has 4 heteroatoms. The second kappa shape index (κ2) is 4.75. The van der Waals surface area contributed by atoms with Crippen LogP contribution in [-0.4, -0.2) is 30.3 Å². The molecular formula is C7H16BNO2. The largest absolute Gasteiger partial charge is 0.451 e. The molecule has 0 saturated carbocycles. The molecule has 0 aromatic carbocycles. The summed E-state index contributed by atoms with van der Waals surface area (Å²) in [5, 5.41) is 20.4. The molecule has 1 fully saturated rings. The Bertz CT molecular complexity index is 105. The second-order valence-corrected chi connectivity index (χ2v) is 3.27. The van der Waals surface area contributed by atoms with Crippen molar-refractivity contribution in [3.05, 3.63) is 0 Å². The maximum atomic E-state index is 8.57. The van der Waals surface area contributed by atoms with E-state index in [1.807, 2.05) is 0 Å². The zero-order valence-electron chi connectivity index (χ0n) is 6.79.